The highest BCUT2D eigenvalue weighted by Gasteiger charge is 2.59. The summed E-state index contributed by atoms with van der Waals surface area (Å²) in [7, 11) is 0. The van der Waals surface area contributed by atoms with Gasteiger partial charge in [-0.25, -0.2) is 0 Å². The van der Waals surface area contributed by atoms with Crippen LogP contribution in [-0.2, 0) is 19.1 Å². The Hall–Kier alpha value is -1.59. The Balaban J connectivity index is 2.04. The number of nitrogens with one attached hydrogen (secondary N) is 2. The molecule has 2 rings (SSSR count). The first-order valence-corrected chi connectivity index (χ1v) is 8.71. The molecule has 2 atom stereocenters. The molecule has 0 saturated heterocycles. The topological polar surface area (TPSA) is 84.5 Å². The summed E-state index contributed by atoms with van der Waals surface area (Å²) in [6.07, 6.45) is 2.94. The summed E-state index contributed by atoms with van der Waals surface area (Å²) in [6, 6.07) is 0. The molecule has 0 aromatic carbocycles. The van der Waals surface area contributed by atoms with Crippen LogP contribution >= 0.6 is 0 Å². The Morgan fingerprint density at radius 3 is 2.00 bits per heavy atom. The predicted molar refractivity (Wildman–Crippen MR) is 89.5 cm³/mol. The van der Waals surface area contributed by atoms with Crippen LogP contribution in [0.25, 0.3) is 0 Å². The highest BCUT2D eigenvalue weighted by Crippen LogP contribution is 2.56. The van der Waals surface area contributed by atoms with Crippen LogP contribution in [0.3, 0.4) is 0 Å². The van der Waals surface area contributed by atoms with E-state index in [4.69, 9.17) is 4.74 Å². The highest BCUT2D eigenvalue weighted by molar-refractivity contribution is 5.87. The van der Waals surface area contributed by atoms with Crippen molar-refractivity contribution in [2.24, 2.45) is 22.7 Å². The summed E-state index contributed by atoms with van der Waals surface area (Å²) in [6.45, 7) is 11.3. The van der Waals surface area contributed by atoms with Crippen LogP contribution in [-0.4, -0.2) is 23.4 Å². The molecule has 0 heterocycles. The first-order chi connectivity index (χ1) is 10.9. The highest BCUT2D eigenvalue weighted by atomic mass is 16.6. The number of carbonyl (C=O) groups excluding carboxylic acids is 3. The number of rotatable bonds is 3. The molecule has 2 amide bonds. The fourth-order valence-electron chi connectivity index (χ4n) is 3.37. The van der Waals surface area contributed by atoms with Crippen LogP contribution in [0, 0.1) is 22.7 Å². The van der Waals surface area contributed by atoms with Crippen LogP contribution in [0.5, 0.6) is 0 Å². The molecule has 2 aliphatic rings. The van der Waals surface area contributed by atoms with Gasteiger partial charge in [-0.3, -0.25) is 25.2 Å². The smallest absolute Gasteiger partial charge is 0.312 e. The fourth-order valence-corrected chi connectivity index (χ4v) is 3.37. The second-order valence-electron chi connectivity index (χ2n) is 8.90. The third-order valence-corrected chi connectivity index (χ3v) is 5.65. The maximum absolute atomic E-state index is 12.7. The van der Waals surface area contributed by atoms with Gasteiger partial charge in [0.2, 0.25) is 11.8 Å². The minimum absolute atomic E-state index is 0.0360. The van der Waals surface area contributed by atoms with E-state index in [9.17, 15) is 14.4 Å². The molecule has 0 aliphatic heterocycles. The quantitative estimate of drug-likeness (QED) is 0.611. The lowest BCUT2D eigenvalue weighted by molar-refractivity contribution is -0.173. The largest absolute Gasteiger partial charge is 0.460 e. The summed E-state index contributed by atoms with van der Waals surface area (Å²) >= 11 is 0. The lowest BCUT2D eigenvalue weighted by Gasteiger charge is -2.40. The molecule has 0 aromatic rings. The first-order valence-electron chi connectivity index (χ1n) is 8.71. The van der Waals surface area contributed by atoms with Crippen molar-refractivity contribution >= 4 is 17.8 Å². The minimum atomic E-state index is -0.733. The Labute approximate surface area is 144 Å². The molecule has 0 spiro atoms. The van der Waals surface area contributed by atoms with Crippen molar-refractivity contribution in [2.75, 3.05) is 0 Å². The summed E-state index contributed by atoms with van der Waals surface area (Å²) in [4.78, 5) is 36.9. The van der Waals surface area contributed by atoms with Crippen molar-refractivity contribution in [3.8, 4) is 0 Å². The van der Waals surface area contributed by atoms with Crippen molar-refractivity contribution in [1.29, 1.82) is 0 Å². The van der Waals surface area contributed by atoms with Crippen LogP contribution in [0.4, 0.5) is 0 Å². The van der Waals surface area contributed by atoms with Crippen molar-refractivity contribution in [1.82, 2.24) is 10.9 Å². The standard InChI is InChI=1S/C18H30N2O4/c1-16(2,3)24-15(23)18(6)10-9-12(17(18,4)5)14(22)20-19-13(21)11-7-8-11/h11-12H,7-10H2,1-6H3,(H,19,21)(H,20,22)/t12-,18+/m1/s1. The van der Waals surface area contributed by atoms with Gasteiger partial charge < -0.3 is 4.74 Å². The van der Waals surface area contributed by atoms with E-state index >= 15 is 0 Å². The molecule has 0 aromatic heterocycles. The Kier molecular flexibility index (Phi) is 4.72. The Bertz CT molecular complexity index is 546. The molecule has 24 heavy (non-hydrogen) atoms. The summed E-state index contributed by atoms with van der Waals surface area (Å²) in [5.74, 6) is -0.948. The third-order valence-electron chi connectivity index (χ3n) is 5.65. The molecule has 2 aliphatic carbocycles. The average molecular weight is 338 g/mol. The van der Waals surface area contributed by atoms with Gasteiger partial charge in [0, 0.05) is 11.8 Å². The molecule has 0 unspecified atom stereocenters. The summed E-state index contributed by atoms with van der Waals surface area (Å²) < 4.78 is 5.59. The second-order valence-corrected chi connectivity index (χ2v) is 8.90. The monoisotopic (exact) mass is 338 g/mol. The SMILES string of the molecule is CC(C)(C)OC(=O)[C@]1(C)CC[C@H](C(=O)NNC(=O)C2CC2)C1(C)C. The zero-order valence-corrected chi connectivity index (χ0v) is 15.6. The second kappa shape index (κ2) is 6.05. The van der Waals surface area contributed by atoms with Gasteiger partial charge in [-0.1, -0.05) is 13.8 Å². The lowest BCUT2D eigenvalue weighted by Crippen LogP contribution is -2.51. The van der Waals surface area contributed by atoms with E-state index in [-0.39, 0.29) is 29.6 Å². The van der Waals surface area contributed by atoms with E-state index in [0.29, 0.717) is 12.8 Å². The Morgan fingerprint density at radius 2 is 1.50 bits per heavy atom. The number of hydrogen-bond donors (Lipinski definition) is 2. The molecular weight excluding hydrogens is 308 g/mol. The van der Waals surface area contributed by atoms with Crippen molar-refractivity contribution in [3.05, 3.63) is 0 Å². The Morgan fingerprint density at radius 1 is 0.958 bits per heavy atom. The maximum Gasteiger partial charge on any atom is 0.312 e. The number of carbonyl (C=O) groups is 3. The van der Waals surface area contributed by atoms with E-state index in [1.54, 1.807) is 0 Å². The van der Waals surface area contributed by atoms with Gasteiger partial charge in [0.1, 0.15) is 5.60 Å². The molecule has 6 heteroatoms. The predicted octanol–water partition coefficient (Wildman–Crippen LogP) is 2.33. The molecular formula is C18H30N2O4. The number of hydrazine groups is 1. The zero-order valence-electron chi connectivity index (χ0n) is 15.6. The molecule has 2 saturated carbocycles. The van der Waals surface area contributed by atoms with E-state index in [1.165, 1.54) is 0 Å². The van der Waals surface area contributed by atoms with E-state index in [0.717, 1.165) is 12.8 Å². The molecule has 6 nitrogen and oxygen atoms in total. The number of ether oxygens (including phenoxy) is 1. The van der Waals surface area contributed by atoms with E-state index in [2.05, 4.69) is 10.9 Å². The zero-order chi connectivity index (χ0) is 18.3. The number of hydrogen-bond acceptors (Lipinski definition) is 4. The number of amides is 2. The number of esters is 1. The van der Waals surface area contributed by atoms with Gasteiger partial charge in [0.05, 0.1) is 5.41 Å². The van der Waals surface area contributed by atoms with Gasteiger partial charge >= 0.3 is 5.97 Å². The van der Waals surface area contributed by atoms with Gasteiger partial charge in [-0.15, -0.1) is 0 Å². The van der Waals surface area contributed by atoms with Gasteiger partial charge in [-0.05, 0) is 58.8 Å². The average Bonchev–Trinajstić information content (AvgIpc) is 3.23. The van der Waals surface area contributed by atoms with Gasteiger partial charge in [-0.2, -0.15) is 0 Å². The van der Waals surface area contributed by atoms with Crippen LogP contribution in [0.1, 0.15) is 67.2 Å². The van der Waals surface area contributed by atoms with Crippen LogP contribution in [0.2, 0.25) is 0 Å². The van der Waals surface area contributed by atoms with Crippen LogP contribution < -0.4 is 10.9 Å². The first kappa shape index (κ1) is 18.7. The summed E-state index contributed by atoms with van der Waals surface area (Å²) in [5.41, 5.74) is 3.18. The summed E-state index contributed by atoms with van der Waals surface area (Å²) in [5, 5.41) is 0. The lowest BCUT2D eigenvalue weighted by atomic mass is 9.65. The molecule has 2 fully saturated rings. The van der Waals surface area contributed by atoms with Gasteiger partial charge in [0.25, 0.3) is 0 Å². The normalized spacial score (nSPS) is 29.0. The van der Waals surface area contributed by atoms with E-state index in [1.807, 2.05) is 41.5 Å². The minimum Gasteiger partial charge on any atom is -0.460 e. The van der Waals surface area contributed by atoms with Crippen molar-refractivity contribution in [2.45, 2.75) is 72.8 Å². The van der Waals surface area contributed by atoms with Gasteiger partial charge in [0.15, 0.2) is 0 Å². The molecule has 136 valence electrons. The maximum atomic E-state index is 12.7. The molecule has 0 bridgehead atoms. The van der Waals surface area contributed by atoms with Crippen molar-refractivity contribution in [3.63, 3.8) is 0 Å². The molecule has 2 N–H and O–H groups in total. The fraction of sp³-hybridized carbons (Fsp3) is 0.833. The molecule has 0 radical (unpaired) electrons. The van der Waals surface area contributed by atoms with Crippen molar-refractivity contribution < 1.29 is 19.1 Å². The third kappa shape index (κ3) is 3.57. The van der Waals surface area contributed by atoms with Crippen LogP contribution in [0.15, 0.2) is 0 Å². The van der Waals surface area contributed by atoms with E-state index < -0.39 is 16.4 Å².